The molecule has 1 fully saturated rings. The molecule has 2 unspecified atom stereocenters. The van der Waals surface area contributed by atoms with Gasteiger partial charge in [0, 0.05) is 31.5 Å². The third-order valence-corrected chi connectivity index (χ3v) is 7.06. The van der Waals surface area contributed by atoms with Crippen LogP contribution in [0.3, 0.4) is 0 Å². The highest BCUT2D eigenvalue weighted by molar-refractivity contribution is 5.76. The van der Waals surface area contributed by atoms with Crippen molar-refractivity contribution in [3.05, 3.63) is 70.8 Å². The van der Waals surface area contributed by atoms with E-state index >= 15 is 0 Å². The van der Waals surface area contributed by atoms with E-state index in [-0.39, 0.29) is 17.9 Å². The number of carbonyl (C=O) groups excluding carboxylic acids is 2. The van der Waals surface area contributed by atoms with Crippen LogP contribution >= 0.6 is 0 Å². The fraction of sp³-hybridized carbons (Fsp3) is 0.517. The molecule has 1 aliphatic rings. The van der Waals surface area contributed by atoms with Crippen molar-refractivity contribution in [2.45, 2.75) is 83.6 Å². The first kappa shape index (κ1) is 25.0. The van der Waals surface area contributed by atoms with Gasteiger partial charge in [0.15, 0.2) is 0 Å². The van der Waals surface area contributed by atoms with E-state index in [1.807, 2.05) is 23.1 Å². The molecule has 1 aliphatic heterocycles. The number of hydrogen-bond donors (Lipinski definition) is 1. The predicted octanol–water partition coefficient (Wildman–Crippen LogP) is 5.44. The van der Waals surface area contributed by atoms with Gasteiger partial charge in [0.25, 0.3) is 0 Å². The van der Waals surface area contributed by atoms with Crippen molar-refractivity contribution in [3.63, 3.8) is 0 Å². The Bertz CT molecular complexity index is 880. The van der Waals surface area contributed by atoms with Gasteiger partial charge in [0.2, 0.25) is 12.3 Å². The van der Waals surface area contributed by atoms with Crippen molar-refractivity contribution < 1.29 is 9.59 Å². The summed E-state index contributed by atoms with van der Waals surface area (Å²) in [5.41, 5.74) is 5.30. The van der Waals surface area contributed by atoms with Crippen LogP contribution in [0.15, 0.2) is 48.5 Å². The van der Waals surface area contributed by atoms with E-state index in [4.69, 9.17) is 0 Å². The molecule has 4 heteroatoms. The lowest BCUT2D eigenvalue weighted by atomic mass is 9.83. The summed E-state index contributed by atoms with van der Waals surface area (Å²) < 4.78 is 0. The molecule has 0 aromatic heterocycles. The number of nitrogens with one attached hydrogen (secondary N) is 1. The molecular weight excluding hydrogens is 408 g/mol. The number of likely N-dealkylation sites (tertiary alicyclic amines) is 1. The van der Waals surface area contributed by atoms with Gasteiger partial charge >= 0.3 is 0 Å². The lowest BCUT2D eigenvalue weighted by molar-refractivity contribution is -0.132. The molecule has 0 radical (unpaired) electrons. The topological polar surface area (TPSA) is 49.4 Å². The minimum Gasteiger partial charge on any atom is -0.355 e. The van der Waals surface area contributed by atoms with E-state index in [1.54, 1.807) is 0 Å². The maximum atomic E-state index is 13.0. The summed E-state index contributed by atoms with van der Waals surface area (Å²) >= 11 is 0. The maximum absolute atomic E-state index is 13.0. The van der Waals surface area contributed by atoms with Crippen LogP contribution in [0, 0.1) is 0 Å². The van der Waals surface area contributed by atoms with Crippen LogP contribution in [-0.4, -0.2) is 36.3 Å². The summed E-state index contributed by atoms with van der Waals surface area (Å²) in [6.07, 6.45) is 10.1. The van der Waals surface area contributed by atoms with Crippen molar-refractivity contribution in [1.82, 2.24) is 10.2 Å². The third-order valence-electron chi connectivity index (χ3n) is 7.06. The number of aryl methyl sites for hydroxylation is 3. The van der Waals surface area contributed by atoms with Crippen LogP contribution in [0.1, 0.15) is 80.5 Å². The van der Waals surface area contributed by atoms with Crippen molar-refractivity contribution in [1.29, 1.82) is 0 Å². The molecule has 2 aromatic carbocycles. The molecular formula is C29H40N2O2. The van der Waals surface area contributed by atoms with Crippen LogP contribution < -0.4 is 5.32 Å². The quantitative estimate of drug-likeness (QED) is 0.347. The van der Waals surface area contributed by atoms with Gasteiger partial charge in [-0.15, -0.1) is 0 Å². The SMILES string of the molecule is CCCCCCc1cc(C2CN(C(=O)CCc3ccccc3)CCC2NC=O)ccc1CC. The molecule has 1 saturated heterocycles. The molecule has 1 N–H and O–H groups in total. The Labute approximate surface area is 199 Å². The predicted molar refractivity (Wildman–Crippen MR) is 135 cm³/mol. The number of amides is 2. The molecule has 4 nitrogen and oxygen atoms in total. The summed E-state index contributed by atoms with van der Waals surface area (Å²) in [5.74, 6) is 0.336. The van der Waals surface area contributed by atoms with E-state index in [0.717, 1.165) is 32.1 Å². The summed E-state index contributed by atoms with van der Waals surface area (Å²) in [6.45, 7) is 5.83. The Morgan fingerprint density at radius 3 is 2.58 bits per heavy atom. The fourth-order valence-corrected chi connectivity index (χ4v) is 5.05. The number of unbranched alkanes of at least 4 members (excludes halogenated alkanes) is 3. The van der Waals surface area contributed by atoms with Gasteiger partial charge in [0.05, 0.1) is 0 Å². The Balaban J connectivity index is 1.72. The first-order valence-corrected chi connectivity index (χ1v) is 12.8. The van der Waals surface area contributed by atoms with Gasteiger partial charge in [-0.1, -0.05) is 81.6 Å². The van der Waals surface area contributed by atoms with Gasteiger partial charge < -0.3 is 10.2 Å². The van der Waals surface area contributed by atoms with Crippen LogP contribution in [-0.2, 0) is 28.9 Å². The van der Waals surface area contributed by atoms with E-state index in [1.165, 1.54) is 47.9 Å². The van der Waals surface area contributed by atoms with Gasteiger partial charge in [-0.05, 0) is 54.4 Å². The Morgan fingerprint density at radius 1 is 1.03 bits per heavy atom. The number of piperidine rings is 1. The Kier molecular flexibility index (Phi) is 9.99. The molecule has 0 bridgehead atoms. The largest absolute Gasteiger partial charge is 0.355 e. The minimum atomic E-state index is 0.0705. The molecule has 2 aromatic rings. The van der Waals surface area contributed by atoms with Crippen LogP contribution in [0.25, 0.3) is 0 Å². The lowest BCUT2D eigenvalue weighted by Gasteiger charge is -2.39. The molecule has 2 atom stereocenters. The Morgan fingerprint density at radius 2 is 1.85 bits per heavy atom. The normalized spacial score (nSPS) is 18.2. The van der Waals surface area contributed by atoms with Crippen molar-refractivity contribution >= 4 is 12.3 Å². The molecule has 0 saturated carbocycles. The first-order chi connectivity index (χ1) is 16.2. The van der Waals surface area contributed by atoms with Crippen LogP contribution in [0.5, 0.6) is 0 Å². The zero-order valence-electron chi connectivity index (χ0n) is 20.4. The zero-order chi connectivity index (χ0) is 23.5. The molecule has 33 heavy (non-hydrogen) atoms. The van der Waals surface area contributed by atoms with Crippen molar-refractivity contribution in [2.75, 3.05) is 13.1 Å². The number of carbonyl (C=O) groups is 2. The van der Waals surface area contributed by atoms with Gasteiger partial charge in [0.1, 0.15) is 0 Å². The van der Waals surface area contributed by atoms with Gasteiger partial charge in [-0.25, -0.2) is 0 Å². The van der Waals surface area contributed by atoms with E-state index < -0.39 is 0 Å². The highest BCUT2D eigenvalue weighted by Gasteiger charge is 2.32. The fourth-order valence-electron chi connectivity index (χ4n) is 5.05. The number of benzene rings is 2. The minimum absolute atomic E-state index is 0.0705. The van der Waals surface area contributed by atoms with Gasteiger partial charge in [-0.3, -0.25) is 9.59 Å². The third kappa shape index (κ3) is 7.18. The molecule has 0 spiro atoms. The lowest BCUT2D eigenvalue weighted by Crippen LogP contribution is -2.49. The summed E-state index contributed by atoms with van der Waals surface area (Å²) in [5, 5.41) is 3.04. The molecule has 178 valence electrons. The zero-order valence-corrected chi connectivity index (χ0v) is 20.4. The van der Waals surface area contributed by atoms with E-state index in [2.05, 4.69) is 49.5 Å². The highest BCUT2D eigenvalue weighted by Crippen LogP contribution is 2.30. The number of rotatable bonds is 12. The number of hydrogen-bond acceptors (Lipinski definition) is 2. The molecule has 3 rings (SSSR count). The summed E-state index contributed by atoms with van der Waals surface area (Å²) in [7, 11) is 0. The average molecular weight is 449 g/mol. The number of nitrogens with zero attached hydrogens (tertiary/aromatic N) is 1. The second-order valence-corrected chi connectivity index (χ2v) is 9.30. The average Bonchev–Trinajstić information content (AvgIpc) is 2.86. The molecule has 0 aliphatic carbocycles. The van der Waals surface area contributed by atoms with Crippen molar-refractivity contribution in [3.8, 4) is 0 Å². The first-order valence-electron chi connectivity index (χ1n) is 12.8. The standard InChI is InChI=1S/C29H40N2O2/c1-3-5-6-10-13-25-20-26(16-15-24(25)4-2)27-21-31(19-18-28(27)30-22-32)29(33)17-14-23-11-8-7-9-12-23/h7-9,11-12,15-16,20,22,27-28H,3-6,10,13-14,17-19,21H2,1-2H3,(H,30,32). The Hall–Kier alpha value is -2.62. The van der Waals surface area contributed by atoms with E-state index in [0.29, 0.717) is 19.5 Å². The molecule has 2 amide bonds. The van der Waals surface area contributed by atoms with Crippen molar-refractivity contribution in [2.24, 2.45) is 0 Å². The second kappa shape index (κ2) is 13.2. The van der Waals surface area contributed by atoms with Crippen LogP contribution in [0.4, 0.5) is 0 Å². The molecule has 1 heterocycles. The second-order valence-electron chi connectivity index (χ2n) is 9.30. The van der Waals surface area contributed by atoms with E-state index in [9.17, 15) is 9.59 Å². The summed E-state index contributed by atoms with van der Waals surface area (Å²) in [6, 6.07) is 17.1. The summed E-state index contributed by atoms with van der Waals surface area (Å²) in [4.78, 5) is 26.3. The van der Waals surface area contributed by atoms with Crippen LogP contribution in [0.2, 0.25) is 0 Å². The monoisotopic (exact) mass is 448 g/mol. The maximum Gasteiger partial charge on any atom is 0.222 e. The smallest absolute Gasteiger partial charge is 0.222 e. The highest BCUT2D eigenvalue weighted by atomic mass is 16.2. The van der Waals surface area contributed by atoms with Gasteiger partial charge in [-0.2, -0.15) is 0 Å².